The number of hydrogen-bond acceptors (Lipinski definition) is 4. The average molecular weight is 293 g/mol. The van der Waals surface area contributed by atoms with Gasteiger partial charge in [0.2, 0.25) is 0 Å². The van der Waals surface area contributed by atoms with Crippen LogP contribution in [0.15, 0.2) is 51.7 Å². The van der Waals surface area contributed by atoms with Crippen molar-refractivity contribution in [3.05, 3.63) is 64.1 Å². The van der Waals surface area contributed by atoms with E-state index in [4.69, 9.17) is 9.68 Å². The molecule has 0 bridgehead atoms. The number of aromatic nitrogens is 1. The summed E-state index contributed by atoms with van der Waals surface area (Å²) in [5, 5.41) is 11.7. The van der Waals surface area contributed by atoms with E-state index >= 15 is 0 Å². The monoisotopic (exact) mass is 293 g/mol. The van der Waals surface area contributed by atoms with Crippen LogP contribution >= 0.6 is 0 Å². The van der Waals surface area contributed by atoms with Crippen molar-refractivity contribution in [1.29, 1.82) is 5.26 Å². The van der Waals surface area contributed by atoms with Gasteiger partial charge in [-0.2, -0.15) is 5.26 Å². The molecule has 0 atom stereocenters. The van der Waals surface area contributed by atoms with Crippen molar-refractivity contribution >= 4 is 22.7 Å². The van der Waals surface area contributed by atoms with Crippen molar-refractivity contribution in [3.63, 3.8) is 0 Å². The first kappa shape index (κ1) is 13.6. The summed E-state index contributed by atoms with van der Waals surface area (Å²) in [6.07, 6.45) is 0. The highest BCUT2D eigenvalue weighted by atomic mass is 16.4. The first-order chi connectivity index (χ1) is 10.6. The SMILES string of the molecule is Cn1c(=O)oc2cc(C(=O)Nc3ccccc3C#N)ccc21. The molecule has 22 heavy (non-hydrogen) atoms. The fourth-order valence-corrected chi connectivity index (χ4v) is 2.16. The second kappa shape index (κ2) is 5.22. The Bertz CT molecular complexity index is 976. The number of benzene rings is 2. The Balaban J connectivity index is 1.96. The fourth-order valence-electron chi connectivity index (χ4n) is 2.16. The number of nitriles is 1. The summed E-state index contributed by atoms with van der Waals surface area (Å²) in [7, 11) is 1.59. The molecule has 1 N–H and O–H groups in total. The van der Waals surface area contributed by atoms with Crippen LogP contribution < -0.4 is 11.1 Å². The van der Waals surface area contributed by atoms with Crippen LogP contribution in [0.5, 0.6) is 0 Å². The zero-order valence-electron chi connectivity index (χ0n) is 11.7. The van der Waals surface area contributed by atoms with E-state index in [0.29, 0.717) is 27.9 Å². The number of rotatable bonds is 2. The first-order valence-electron chi connectivity index (χ1n) is 6.50. The molecule has 0 unspecified atom stereocenters. The summed E-state index contributed by atoms with van der Waals surface area (Å²) in [6, 6.07) is 13.5. The van der Waals surface area contributed by atoms with Gasteiger partial charge in [0, 0.05) is 12.6 Å². The number of oxazole rings is 1. The minimum Gasteiger partial charge on any atom is -0.408 e. The molecule has 1 heterocycles. The standard InChI is InChI=1S/C16H11N3O3/c1-19-13-7-6-10(8-14(13)22-16(19)21)15(20)18-12-5-3-2-4-11(12)9-17/h2-8H,1H3,(H,18,20). The van der Waals surface area contributed by atoms with Crippen LogP contribution in [0, 0.1) is 11.3 Å². The van der Waals surface area contributed by atoms with E-state index in [9.17, 15) is 9.59 Å². The molecule has 0 aliphatic heterocycles. The molecule has 0 fully saturated rings. The zero-order chi connectivity index (χ0) is 15.7. The van der Waals surface area contributed by atoms with Gasteiger partial charge in [0.05, 0.1) is 16.8 Å². The van der Waals surface area contributed by atoms with Gasteiger partial charge in [0.15, 0.2) is 5.58 Å². The van der Waals surface area contributed by atoms with E-state index in [-0.39, 0.29) is 5.91 Å². The lowest BCUT2D eigenvalue weighted by Gasteiger charge is -2.06. The molecule has 6 nitrogen and oxygen atoms in total. The Morgan fingerprint density at radius 3 is 2.82 bits per heavy atom. The maximum atomic E-state index is 12.3. The van der Waals surface area contributed by atoms with Crippen LogP contribution in [-0.4, -0.2) is 10.5 Å². The van der Waals surface area contributed by atoms with Gasteiger partial charge in [-0.1, -0.05) is 12.1 Å². The van der Waals surface area contributed by atoms with Gasteiger partial charge >= 0.3 is 5.76 Å². The van der Waals surface area contributed by atoms with Gasteiger partial charge in [0.25, 0.3) is 5.91 Å². The Morgan fingerprint density at radius 2 is 2.05 bits per heavy atom. The van der Waals surface area contributed by atoms with E-state index in [1.54, 1.807) is 43.4 Å². The largest absolute Gasteiger partial charge is 0.419 e. The van der Waals surface area contributed by atoms with Crippen molar-refractivity contribution in [3.8, 4) is 6.07 Å². The molecule has 6 heteroatoms. The number of amides is 1. The topological polar surface area (TPSA) is 88.0 Å². The number of carbonyl (C=O) groups excluding carboxylic acids is 1. The minimum atomic E-state index is -0.484. The highest BCUT2D eigenvalue weighted by molar-refractivity contribution is 6.06. The van der Waals surface area contributed by atoms with Gasteiger partial charge in [-0.15, -0.1) is 0 Å². The Kier molecular flexibility index (Phi) is 3.24. The van der Waals surface area contributed by atoms with Gasteiger partial charge in [-0.05, 0) is 30.3 Å². The summed E-state index contributed by atoms with van der Waals surface area (Å²) in [6.45, 7) is 0. The highest BCUT2D eigenvalue weighted by Gasteiger charge is 2.12. The molecule has 3 aromatic rings. The van der Waals surface area contributed by atoms with Crippen LogP contribution in [-0.2, 0) is 7.05 Å². The summed E-state index contributed by atoms with van der Waals surface area (Å²) in [4.78, 5) is 23.7. The molecule has 1 amide bonds. The van der Waals surface area contributed by atoms with Gasteiger partial charge < -0.3 is 9.73 Å². The quantitative estimate of drug-likeness (QED) is 0.785. The number of aryl methyl sites for hydroxylation is 1. The number of nitrogens with one attached hydrogen (secondary N) is 1. The number of nitrogens with zero attached hydrogens (tertiary/aromatic N) is 2. The normalized spacial score (nSPS) is 10.4. The van der Waals surface area contributed by atoms with E-state index in [2.05, 4.69) is 5.32 Å². The number of para-hydroxylation sites is 1. The number of hydrogen-bond donors (Lipinski definition) is 1. The highest BCUT2D eigenvalue weighted by Crippen LogP contribution is 2.18. The molecule has 0 spiro atoms. The zero-order valence-corrected chi connectivity index (χ0v) is 11.7. The van der Waals surface area contributed by atoms with Crippen LogP contribution in [0.4, 0.5) is 5.69 Å². The summed E-state index contributed by atoms with van der Waals surface area (Å²) < 4.78 is 6.42. The third-order valence-electron chi connectivity index (χ3n) is 3.35. The second-order valence-electron chi connectivity index (χ2n) is 4.72. The van der Waals surface area contributed by atoms with Gasteiger partial charge in [0.1, 0.15) is 6.07 Å². The third-order valence-corrected chi connectivity index (χ3v) is 3.35. The van der Waals surface area contributed by atoms with E-state index < -0.39 is 5.76 Å². The second-order valence-corrected chi connectivity index (χ2v) is 4.72. The molecular formula is C16H11N3O3. The summed E-state index contributed by atoms with van der Waals surface area (Å²) in [5.41, 5.74) is 2.11. The average Bonchev–Trinajstić information content (AvgIpc) is 2.82. The molecule has 0 saturated heterocycles. The third kappa shape index (κ3) is 2.25. The lowest BCUT2D eigenvalue weighted by molar-refractivity contribution is 0.102. The predicted octanol–water partition coefficient (Wildman–Crippen LogP) is 2.26. The van der Waals surface area contributed by atoms with Crippen molar-refractivity contribution in [2.45, 2.75) is 0 Å². The van der Waals surface area contributed by atoms with E-state index in [1.807, 2.05) is 6.07 Å². The Hall–Kier alpha value is -3.33. The number of anilines is 1. The van der Waals surface area contributed by atoms with Crippen LogP contribution in [0.2, 0.25) is 0 Å². The van der Waals surface area contributed by atoms with Crippen molar-refractivity contribution < 1.29 is 9.21 Å². The molecule has 108 valence electrons. The molecule has 1 aromatic heterocycles. The lowest BCUT2D eigenvalue weighted by Crippen LogP contribution is -2.12. The van der Waals surface area contributed by atoms with Crippen LogP contribution in [0.3, 0.4) is 0 Å². The van der Waals surface area contributed by atoms with Crippen LogP contribution in [0.1, 0.15) is 15.9 Å². The Labute approximate surface area is 125 Å². The maximum absolute atomic E-state index is 12.3. The minimum absolute atomic E-state index is 0.341. The van der Waals surface area contributed by atoms with E-state index in [1.165, 1.54) is 10.6 Å². The molecule has 0 saturated carbocycles. The molecule has 2 aromatic carbocycles. The first-order valence-corrected chi connectivity index (χ1v) is 6.50. The van der Waals surface area contributed by atoms with Gasteiger partial charge in [-0.25, -0.2) is 4.79 Å². The molecule has 0 aliphatic rings. The van der Waals surface area contributed by atoms with Crippen LogP contribution in [0.25, 0.3) is 11.1 Å². The number of carbonyl (C=O) groups is 1. The van der Waals surface area contributed by atoms with Crippen molar-refractivity contribution in [2.75, 3.05) is 5.32 Å². The fraction of sp³-hybridized carbons (Fsp3) is 0.0625. The van der Waals surface area contributed by atoms with Gasteiger partial charge in [-0.3, -0.25) is 9.36 Å². The predicted molar refractivity (Wildman–Crippen MR) is 80.6 cm³/mol. The smallest absolute Gasteiger partial charge is 0.408 e. The molecular weight excluding hydrogens is 282 g/mol. The van der Waals surface area contributed by atoms with E-state index in [0.717, 1.165) is 0 Å². The van der Waals surface area contributed by atoms with Crippen molar-refractivity contribution in [1.82, 2.24) is 4.57 Å². The number of fused-ring (bicyclic) bond motifs is 1. The Morgan fingerprint density at radius 1 is 1.27 bits per heavy atom. The molecule has 0 radical (unpaired) electrons. The molecule has 3 rings (SSSR count). The lowest BCUT2D eigenvalue weighted by atomic mass is 10.1. The van der Waals surface area contributed by atoms with Crippen molar-refractivity contribution in [2.24, 2.45) is 7.05 Å². The summed E-state index contributed by atoms with van der Waals surface area (Å²) in [5.74, 6) is -0.863. The molecule has 0 aliphatic carbocycles. The summed E-state index contributed by atoms with van der Waals surface area (Å²) >= 11 is 0. The maximum Gasteiger partial charge on any atom is 0.419 e.